The third-order valence-electron chi connectivity index (χ3n) is 5.46. The summed E-state index contributed by atoms with van der Waals surface area (Å²) in [6.45, 7) is 1.12. The van der Waals surface area contributed by atoms with Gasteiger partial charge in [-0.05, 0) is 28.8 Å². The first-order valence-electron chi connectivity index (χ1n) is 10.6. The fourth-order valence-electron chi connectivity index (χ4n) is 3.99. The minimum Gasteiger partial charge on any atom is -0.351 e. The van der Waals surface area contributed by atoms with Gasteiger partial charge in [-0.1, -0.05) is 109 Å². The van der Waals surface area contributed by atoms with E-state index in [2.05, 4.69) is 83.4 Å². The van der Waals surface area contributed by atoms with Crippen LogP contribution in [0.4, 0.5) is 0 Å². The van der Waals surface area contributed by atoms with Crippen molar-refractivity contribution in [2.24, 2.45) is 0 Å². The second-order valence-corrected chi connectivity index (χ2v) is 7.40. The molecule has 0 aliphatic carbocycles. The van der Waals surface area contributed by atoms with E-state index in [0.717, 1.165) is 16.7 Å². The van der Waals surface area contributed by atoms with Crippen LogP contribution in [0, 0.1) is 0 Å². The van der Waals surface area contributed by atoms with Gasteiger partial charge in [-0.2, -0.15) is 0 Å². The van der Waals surface area contributed by atoms with Crippen molar-refractivity contribution in [2.45, 2.75) is 5.54 Å². The van der Waals surface area contributed by atoms with Crippen molar-refractivity contribution in [2.75, 3.05) is 13.1 Å². The summed E-state index contributed by atoms with van der Waals surface area (Å²) in [4.78, 5) is 12.4. The van der Waals surface area contributed by atoms with Gasteiger partial charge in [0.25, 0.3) is 5.91 Å². The highest BCUT2D eigenvalue weighted by molar-refractivity contribution is 5.94. The second-order valence-electron chi connectivity index (χ2n) is 7.40. The molecule has 2 N–H and O–H groups in total. The van der Waals surface area contributed by atoms with Crippen molar-refractivity contribution in [1.82, 2.24) is 10.6 Å². The Morgan fingerprint density at radius 1 is 0.548 bits per heavy atom. The number of hydrogen-bond acceptors (Lipinski definition) is 2. The summed E-state index contributed by atoms with van der Waals surface area (Å²) in [6.07, 6.45) is 0. The van der Waals surface area contributed by atoms with Crippen molar-refractivity contribution < 1.29 is 4.79 Å². The first-order valence-corrected chi connectivity index (χ1v) is 10.6. The first kappa shape index (κ1) is 20.6. The lowest BCUT2D eigenvalue weighted by molar-refractivity contribution is 0.0953. The fourth-order valence-corrected chi connectivity index (χ4v) is 3.99. The van der Waals surface area contributed by atoms with Crippen LogP contribution in [0.5, 0.6) is 0 Å². The average Bonchev–Trinajstić information content (AvgIpc) is 2.86. The van der Waals surface area contributed by atoms with E-state index in [-0.39, 0.29) is 5.91 Å². The van der Waals surface area contributed by atoms with Crippen LogP contribution in [0.3, 0.4) is 0 Å². The number of nitrogens with one attached hydrogen (secondary N) is 2. The van der Waals surface area contributed by atoms with E-state index in [9.17, 15) is 4.79 Å². The summed E-state index contributed by atoms with van der Waals surface area (Å²) in [5.41, 5.74) is 3.61. The Bertz CT molecular complexity index is 984. The van der Waals surface area contributed by atoms with Crippen molar-refractivity contribution in [3.63, 3.8) is 0 Å². The minimum absolute atomic E-state index is 0.0628. The largest absolute Gasteiger partial charge is 0.351 e. The molecular weight excluding hydrogens is 380 g/mol. The molecule has 0 aromatic heterocycles. The normalized spacial score (nSPS) is 11.1. The molecule has 0 fully saturated rings. The fraction of sp³-hybridized carbons (Fsp3) is 0.107. The number of hydrogen-bond donors (Lipinski definition) is 2. The smallest absolute Gasteiger partial charge is 0.251 e. The first-order chi connectivity index (χ1) is 15.3. The Labute approximate surface area is 183 Å². The van der Waals surface area contributed by atoms with Crippen LogP contribution < -0.4 is 10.6 Å². The van der Waals surface area contributed by atoms with Gasteiger partial charge >= 0.3 is 0 Å². The predicted molar refractivity (Wildman–Crippen MR) is 126 cm³/mol. The quantitative estimate of drug-likeness (QED) is 0.319. The molecule has 154 valence electrons. The Kier molecular flexibility index (Phi) is 6.56. The summed E-state index contributed by atoms with van der Waals surface area (Å²) in [7, 11) is 0. The molecule has 4 rings (SSSR count). The van der Waals surface area contributed by atoms with Crippen LogP contribution >= 0.6 is 0 Å². The molecule has 0 spiro atoms. The van der Waals surface area contributed by atoms with E-state index in [4.69, 9.17) is 0 Å². The number of carbonyl (C=O) groups excluding carboxylic acids is 1. The topological polar surface area (TPSA) is 41.1 Å². The van der Waals surface area contributed by atoms with E-state index >= 15 is 0 Å². The van der Waals surface area contributed by atoms with Crippen LogP contribution in [-0.4, -0.2) is 19.0 Å². The lowest BCUT2D eigenvalue weighted by Gasteiger charge is -2.37. The summed E-state index contributed by atoms with van der Waals surface area (Å²) in [5, 5.41) is 6.80. The maximum Gasteiger partial charge on any atom is 0.251 e. The number of rotatable bonds is 8. The molecule has 0 aliphatic heterocycles. The SMILES string of the molecule is O=C(NCCNC(c1ccccc1)(c1ccccc1)c1ccccc1)c1ccccc1. The van der Waals surface area contributed by atoms with Crippen molar-refractivity contribution in [3.8, 4) is 0 Å². The van der Waals surface area contributed by atoms with E-state index < -0.39 is 5.54 Å². The Morgan fingerprint density at radius 2 is 0.935 bits per heavy atom. The van der Waals surface area contributed by atoms with E-state index in [0.29, 0.717) is 18.7 Å². The third-order valence-corrected chi connectivity index (χ3v) is 5.46. The van der Waals surface area contributed by atoms with Crippen LogP contribution in [0.15, 0.2) is 121 Å². The second kappa shape index (κ2) is 9.88. The van der Waals surface area contributed by atoms with Gasteiger partial charge in [0.05, 0.1) is 5.54 Å². The molecule has 0 saturated heterocycles. The molecule has 4 aromatic rings. The minimum atomic E-state index is -0.527. The highest BCUT2D eigenvalue weighted by atomic mass is 16.1. The molecule has 3 nitrogen and oxygen atoms in total. The molecule has 0 saturated carbocycles. The van der Waals surface area contributed by atoms with Gasteiger partial charge in [0.2, 0.25) is 0 Å². The van der Waals surface area contributed by atoms with Gasteiger partial charge in [0.1, 0.15) is 0 Å². The number of benzene rings is 4. The lowest BCUT2D eigenvalue weighted by atomic mass is 9.77. The van der Waals surface area contributed by atoms with E-state index in [1.807, 2.05) is 48.5 Å². The van der Waals surface area contributed by atoms with Crippen molar-refractivity contribution in [3.05, 3.63) is 144 Å². The Hall–Kier alpha value is -3.69. The molecule has 1 amide bonds. The monoisotopic (exact) mass is 406 g/mol. The van der Waals surface area contributed by atoms with Gasteiger partial charge < -0.3 is 5.32 Å². The van der Waals surface area contributed by atoms with E-state index in [1.165, 1.54) is 0 Å². The van der Waals surface area contributed by atoms with Crippen molar-refractivity contribution in [1.29, 1.82) is 0 Å². The van der Waals surface area contributed by atoms with E-state index in [1.54, 1.807) is 0 Å². The summed E-state index contributed by atoms with van der Waals surface area (Å²) >= 11 is 0. The molecule has 0 unspecified atom stereocenters. The van der Waals surface area contributed by atoms with Crippen LogP contribution in [0.2, 0.25) is 0 Å². The molecule has 31 heavy (non-hydrogen) atoms. The molecule has 0 radical (unpaired) electrons. The molecule has 3 heteroatoms. The molecule has 0 heterocycles. The average molecular weight is 407 g/mol. The zero-order valence-corrected chi connectivity index (χ0v) is 17.4. The Morgan fingerprint density at radius 3 is 1.35 bits per heavy atom. The molecule has 0 atom stereocenters. The lowest BCUT2D eigenvalue weighted by Crippen LogP contribution is -2.47. The third kappa shape index (κ3) is 4.57. The summed E-state index contributed by atoms with van der Waals surface area (Å²) in [6, 6.07) is 40.7. The zero-order valence-electron chi connectivity index (χ0n) is 17.4. The molecule has 0 bridgehead atoms. The van der Waals surface area contributed by atoms with Gasteiger partial charge in [0.15, 0.2) is 0 Å². The summed E-state index contributed by atoms with van der Waals surface area (Å²) < 4.78 is 0. The Balaban J connectivity index is 1.63. The maximum atomic E-state index is 12.4. The van der Waals surface area contributed by atoms with Crippen LogP contribution in [0.1, 0.15) is 27.0 Å². The predicted octanol–water partition coefficient (Wildman–Crippen LogP) is 5.00. The van der Waals surface area contributed by atoms with Gasteiger partial charge in [-0.3, -0.25) is 10.1 Å². The maximum absolute atomic E-state index is 12.4. The van der Waals surface area contributed by atoms with Gasteiger partial charge in [-0.25, -0.2) is 0 Å². The standard InChI is InChI=1S/C28H26N2O/c31-27(23-13-5-1-6-14-23)29-21-22-30-28(24-15-7-2-8-16-24,25-17-9-3-10-18-25)26-19-11-4-12-20-26/h1-20,30H,21-22H2,(H,29,31). The number of carbonyl (C=O) groups is 1. The highest BCUT2D eigenvalue weighted by Crippen LogP contribution is 2.36. The highest BCUT2D eigenvalue weighted by Gasteiger charge is 2.35. The zero-order chi connectivity index (χ0) is 21.4. The molecule has 0 aliphatic rings. The summed E-state index contributed by atoms with van der Waals surface area (Å²) in [5.74, 6) is -0.0628. The number of amides is 1. The van der Waals surface area contributed by atoms with Crippen LogP contribution in [0.25, 0.3) is 0 Å². The molecular formula is C28H26N2O. The van der Waals surface area contributed by atoms with Gasteiger partial charge in [-0.15, -0.1) is 0 Å². The molecule has 4 aromatic carbocycles. The van der Waals surface area contributed by atoms with Crippen molar-refractivity contribution >= 4 is 5.91 Å². The van der Waals surface area contributed by atoms with Crippen LogP contribution in [-0.2, 0) is 5.54 Å². The van der Waals surface area contributed by atoms with Gasteiger partial charge in [0, 0.05) is 18.7 Å².